The first-order chi connectivity index (χ1) is 19.6. The lowest BCUT2D eigenvalue weighted by Gasteiger charge is -2.52. The van der Waals surface area contributed by atoms with Crippen molar-refractivity contribution in [1.29, 1.82) is 0 Å². The van der Waals surface area contributed by atoms with E-state index in [4.69, 9.17) is 39.5 Å². The predicted octanol–water partition coefficient (Wildman–Crippen LogP) is 5.75. The van der Waals surface area contributed by atoms with E-state index in [1.54, 1.807) is 28.0 Å². The van der Waals surface area contributed by atoms with Gasteiger partial charge in [0.05, 0.1) is 16.6 Å². The monoisotopic (exact) mass is 620 g/mol. The molecule has 2 atom stereocenters. The van der Waals surface area contributed by atoms with Crippen LogP contribution in [-0.4, -0.2) is 80.1 Å². The lowest BCUT2D eigenvalue weighted by atomic mass is 9.79. The summed E-state index contributed by atoms with van der Waals surface area (Å²) in [5, 5.41) is 4.99. The molecular formula is C31H39Cl3N4O3. The highest BCUT2D eigenvalue weighted by Gasteiger charge is 2.50. The Labute approximate surface area is 258 Å². The Balaban J connectivity index is 1.47. The SMILES string of the molecule is CN(C)C(=O)C1(N2CCCCC2CCC2(c3ccc(Cl)c(Cl)c3)CN(c3ccc(Cl)cc3)C(=O)CO2)CCNCC1. The second-order valence-corrected chi connectivity index (χ2v) is 13.0. The molecule has 3 saturated heterocycles. The summed E-state index contributed by atoms with van der Waals surface area (Å²) in [7, 11) is 3.73. The average Bonchev–Trinajstić information content (AvgIpc) is 2.99. The number of nitrogens with zero attached hydrogens (tertiary/aromatic N) is 3. The number of morpholine rings is 1. The zero-order chi connectivity index (χ0) is 29.2. The average molecular weight is 622 g/mol. The predicted molar refractivity (Wildman–Crippen MR) is 165 cm³/mol. The van der Waals surface area contributed by atoms with Crippen molar-refractivity contribution >= 4 is 52.3 Å². The number of rotatable bonds is 7. The fourth-order valence-corrected chi connectivity index (χ4v) is 7.34. The molecule has 1 N–H and O–H groups in total. The van der Waals surface area contributed by atoms with Gasteiger partial charge < -0.3 is 19.9 Å². The Morgan fingerprint density at radius 2 is 1.78 bits per heavy atom. The van der Waals surface area contributed by atoms with Crippen LogP contribution < -0.4 is 10.2 Å². The molecule has 2 unspecified atom stereocenters. The molecule has 0 radical (unpaired) electrons. The lowest BCUT2D eigenvalue weighted by Crippen LogP contribution is -2.66. The summed E-state index contributed by atoms with van der Waals surface area (Å²) in [4.78, 5) is 32.9. The van der Waals surface area contributed by atoms with E-state index in [0.717, 1.165) is 69.4 Å². The van der Waals surface area contributed by atoms with Crippen molar-refractivity contribution in [2.24, 2.45) is 0 Å². The third-order valence-electron chi connectivity index (χ3n) is 9.06. The van der Waals surface area contributed by atoms with E-state index >= 15 is 0 Å². The van der Waals surface area contributed by atoms with E-state index in [1.165, 1.54) is 0 Å². The zero-order valence-corrected chi connectivity index (χ0v) is 26.1. The van der Waals surface area contributed by atoms with Gasteiger partial charge in [-0.3, -0.25) is 14.5 Å². The van der Waals surface area contributed by atoms with Crippen molar-refractivity contribution in [2.45, 2.75) is 62.1 Å². The van der Waals surface area contributed by atoms with Gasteiger partial charge in [0.1, 0.15) is 17.7 Å². The Morgan fingerprint density at radius 1 is 1.05 bits per heavy atom. The molecule has 2 aromatic carbocycles. The van der Waals surface area contributed by atoms with Crippen LogP contribution in [0.5, 0.6) is 0 Å². The molecule has 0 saturated carbocycles. The van der Waals surface area contributed by atoms with Gasteiger partial charge in [-0.05, 0) is 100 Å². The lowest BCUT2D eigenvalue weighted by molar-refractivity contribution is -0.150. The summed E-state index contributed by atoms with van der Waals surface area (Å²) in [6.45, 7) is 2.85. The molecule has 3 heterocycles. The second kappa shape index (κ2) is 12.8. The molecular weight excluding hydrogens is 583 g/mol. The fraction of sp³-hybridized carbons (Fsp3) is 0.548. The number of hydrogen-bond donors (Lipinski definition) is 1. The summed E-state index contributed by atoms with van der Waals surface area (Å²) < 4.78 is 6.49. The van der Waals surface area contributed by atoms with Crippen LogP contribution in [-0.2, 0) is 19.9 Å². The topological polar surface area (TPSA) is 65.1 Å². The van der Waals surface area contributed by atoms with Crippen LogP contribution in [0, 0.1) is 0 Å². The van der Waals surface area contributed by atoms with E-state index < -0.39 is 11.1 Å². The van der Waals surface area contributed by atoms with E-state index in [2.05, 4.69) is 10.2 Å². The molecule has 2 aromatic rings. The van der Waals surface area contributed by atoms with Crippen molar-refractivity contribution in [3.8, 4) is 0 Å². The number of piperidine rings is 2. The number of amides is 2. The number of likely N-dealkylation sites (tertiary alicyclic amines) is 1. The summed E-state index contributed by atoms with van der Waals surface area (Å²) in [6.07, 6.45) is 6.31. The molecule has 41 heavy (non-hydrogen) atoms. The highest BCUT2D eigenvalue weighted by atomic mass is 35.5. The van der Waals surface area contributed by atoms with Crippen molar-refractivity contribution in [1.82, 2.24) is 15.1 Å². The minimum absolute atomic E-state index is 0.0496. The number of nitrogens with one attached hydrogen (secondary N) is 1. The molecule has 0 aromatic heterocycles. The standard InChI is InChI=1S/C31H39Cl3N4O3/c1-36(2)29(40)30(14-16-35-17-15-30)38-18-4-3-5-25(38)12-13-31(22-6-11-26(33)27(34)19-22)21-37(28(39)20-41-31)24-9-7-23(32)8-10-24/h6-11,19,25,35H,3-5,12-18,20-21H2,1-2H3. The fourth-order valence-electron chi connectivity index (χ4n) is 6.92. The van der Waals surface area contributed by atoms with Crippen molar-refractivity contribution < 1.29 is 14.3 Å². The Bertz CT molecular complexity index is 1250. The number of halogens is 3. The zero-order valence-electron chi connectivity index (χ0n) is 23.8. The quantitative estimate of drug-likeness (QED) is 0.427. The van der Waals surface area contributed by atoms with Gasteiger partial charge in [0, 0.05) is 30.8 Å². The number of anilines is 1. The number of benzene rings is 2. The highest BCUT2D eigenvalue weighted by molar-refractivity contribution is 6.42. The summed E-state index contributed by atoms with van der Waals surface area (Å²) >= 11 is 19.0. The maximum Gasteiger partial charge on any atom is 0.253 e. The number of carbonyl (C=O) groups excluding carboxylic acids is 2. The van der Waals surface area contributed by atoms with Crippen LogP contribution >= 0.6 is 34.8 Å². The van der Waals surface area contributed by atoms with Gasteiger partial charge >= 0.3 is 0 Å². The van der Waals surface area contributed by atoms with Crippen LogP contribution in [0.15, 0.2) is 42.5 Å². The minimum Gasteiger partial charge on any atom is -0.359 e. The van der Waals surface area contributed by atoms with Gasteiger partial charge in [0.15, 0.2) is 0 Å². The molecule has 5 rings (SSSR count). The van der Waals surface area contributed by atoms with E-state index in [1.807, 2.05) is 38.4 Å². The third kappa shape index (κ3) is 6.27. The van der Waals surface area contributed by atoms with Gasteiger partial charge in [-0.2, -0.15) is 0 Å². The van der Waals surface area contributed by atoms with Gasteiger partial charge in [-0.15, -0.1) is 0 Å². The molecule has 2 amide bonds. The first-order valence-corrected chi connectivity index (χ1v) is 15.6. The van der Waals surface area contributed by atoms with Gasteiger partial charge in [-0.1, -0.05) is 47.3 Å². The first-order valence-electron chi connectivity index (χ1n) is 14.5. The molecule has 10 heteroatoms. The summed E-state index contributed by atoms with van der Waals surface area (Å²) in [5.74, 6) is 0.0889. The Hall–Kier alpha value is -1.87. The minimum atomic E-state index is -0.794. The van der Waals surface area contributed by atoms with Crippen LogP contribution in [0.3, 0.4) is 0 Å². The van der Waals surface area contributed by atoms with Crippen LogP contribution in [0.25, 0.3) is 0 Å². The van der Waals surface area contributed by atoms with Gasteiger partial charge in [0.2, 0.25) is 5.91 Å². The maximum atomic E-state index is 13.7. The van der Waals surface area contributed by atoms with Crippen LogP contribution in [0.4, 0.5) is 5.69 Å². The number of carbonyl (C=O) groups is 2. The van der Waals surface area contributed by atoms with E-state index in [-0.39, 0.29) is 24.5 Å². The molecule has 3 fully saturated rings. The van der Waals surface area contributed by atoms with Gasteiger partial charge in [-0.25, -0.2) is 0 Å². The first kappa shape index (κ1) is 30.6. The van der Waals surface area contributed by atoms with E-state index in [0.29, 0.717) is 28.0 Å². The third-order valence-corrected chi connectivity index (χ3v) is 10.1. The molecule has 0 bridgehead atoms. The molecule has 3 aliphatic rings. The highest BCUT2D eigenvalue weighted by Crippen LogP contribution is 2.42. The number of ether oxygens (including phenoxy) is 1. The Morgan fingerprint density at radius 3 is 2.46 bits per heavy atom. The van der Waals surface area contributed by atoms with E-state index in [9.17, 15) is 9.59 Å². The van der Waals surface area contributed by atoms with Crippen molar-refractivity contribution in [3.05, 3.63) is 63.1 Å². The van der Waals surface area contributed by atoms with Crippen LogP contribution in [0.1, 0.15) is 50.5 Å². The smallest absolute Gasteiger partial charge is 0.253 e. The second-order valence-electron chi connectivity index (χ2n) is 11.7. The van der Waals surface area contributed by atoms with Crippen molar-refractivity contribution in [3.63, 3.8) is 0 Å². The summed E-state index contributed by atoms with van der Waals surface area (Å²) in [6, 6.07) is 13.1. The van der Waals surface area contributed by atoms with Gasteiger partial charge in [0.25, 0.3) is 5.91 Å². The molecule has 3 aliphatic heterocycles. The summed E-state index contributed by atoms with van der Waals surface area (Å²) in [5.41, 5.74) is 0.367. The largest absolute Gasteiger partial charge is 0.359 e. The van der Waals surface area contributed by atoms with Crippen LogP contribution in [0.2, 0.25) is 15.1 Å². The normalized spacial score (nSPS) is 25.2. The molecule has 222 valence electrons. The maximum absolute atomic E-state index is 13.7. The number of likely N-dealkylation sites (N-methyl/N-ethyl adjacent to an activating group) is 1. The molecule has 0 spiro atoms. The molecule has 7 nitrogen and oxygen atoms in total. The van der Waals surface area contributed by atoms with Crippen molar-refractivity contribution in [2.75, 3.05) is 51.8 Å². The number of hydrogen-bond acceptors (Lipinski definition) is 5. The Kier molecular flexibility index (Phi) is 9.53. The molecule has 0 aliphatic carbocycles.